The molecule has 2 fully saturated rings. The molecule has 1 unspecified atom stereocenters. The number of carbonyl (C=O) groups is 2. The number of likely N-dealkylation sites (tertiary alicyclic amines) is 1. The lowest BCUT2D eigenvalue weighted by Crippen LogP contribution is -2.56. The Balaban J connectivity index is 1.79. The van der Waals surface area contributed by atoms with Gasteiger partial charge < -0.3 is 10.2 Å². The molecule has 3 rings (SSSR count). The van der Waals surface area contributed by atoms with Crippen LogP contribution in [0.5, 0.6) is 0 Å². The van der Waals surface area contributed by atoms with E-state index in [-0.39, 0.29) is 17.9 Å². The van der Waals surface area contributed by atoms with Crippen LogP contribution in [-0.4, -0.2) is 39.8 Å². The minimum atomic E-state index is -0.732. The Bertz CT molecular complexity index is 621. The van der Waals surface area contributed by atoms with Gasteiger partial charge in [-0.1, -0.05) is 12.8 Å². The van der Waals surface area contributed by atoms with Gasteiger partial charge in [0.15, 0.2) is 0 Å². The Kier molecular flexibility index (Phi) is 4.45. The summed E-state index contributed by atoms with van der Waals surface area (Å²) in [5.41, 5.74) is 0.0345. The van der Waals surface area contributed by atoms with Crippen molar-refractivity contribution in [2.24, 2.45) is 0 Å². The highest BCUT2D eigenvalue weighted by Gasteiger charge is 2.47. The molecule has 1 saturated carbocycles. The van der Waals surface area contributed by atoms with Gasteiger partial charge in [0.2, 0.25) is 5.91 Å². The molecule has 1 aliphatic carbocycles. The Morgan fingerprint density at radius 3 is 2.57 bits per heavy atom. The van der Waals surface area contributed by atoms with Crippen molar-refractivity contribution < 1.29 is 9.59 Å². The van der Waals surface area contributed by atoms with E-state index in [4.69, 9.17) is 0 Å². The standard InChI is InChI=1S/C17H25N3O2S/c1-11-14(23-12(2)18-11)15(21)20-10-6-9-17(20,3)16(22)19-13-7-4-5-8-13/h13H,4-10H2,1-3H3,(H,19,22). The molecule has 6 heteroatoms. The van der Waals surface area contributed by atoms with Crippen LogP contribution in [-0.2, 0) is 4.79 Å². The maximum Gasteiger partial charge on any atom is 0.266 e. The second-order valence-corrected chi connectivity index (χ2v) is 8.14. The van der Waals surface area contributed by atoms with E-state index in [1.54, 1.807) is 4.90 Å². The van der Waals surface area contributed by atoms with Crippen LogP contribution in [0.4, 0.5) is 0 Å². The first-order valence-electron chi connectivity index (χ1n) is 8.49. The van der Waals surface area contributed by atoms with Gasteiger partial charge in [0.05, 0.1) is 10.7 Å². The van der Waals surface area contributed by atoms with Crippen LogP contribution in [0, 0.1) is 13.8 Å². The molecular weight excluding hydrogens is 310 g/mol. The fraction of sp³-hybridized carbons (Fsp3) is 0.706. The highest BCUT2D eigenvalue weighted by molar-refractivity contribution is 7.13. The first kappa shape index (κ1) is 16.4. The van der Waals surface area contributed by atoms with E-state index in [0.717, 1.165) is 36.4 Å². The number of aromatic nitrogens is 1. The van der Waals surface area contributed by atoms with Crippen molar-refractivity contribution >= 4 is 23.2 Å². The van der Waals surface area contributed by atoms with Crippen molar-refractivity contribution in [3.8, 4) is 0 Å². The summed E-state index contributed by atoms with van der Waals surface area (Å²) in [6.45, 7) is 6.32. The minimum absolute atomic E-state index is 0.00846. The number of amides is 2. The fourth-order valence-electron chi connectivity index (χ4n) is 3.79. The van der Waals surface area contributed by atoms with E-state index in [2.05, 4.69) is 10.3 Å². The molecule has 5 nitrogen and oxygen atoms in total. The maximum atomic E-state index is 13.0. The van der Waals surface area contributed by atoms with Crippen LogP contribution in [0.25, 0.3) is 0 Å². The van der Waals surface area contributed by atoms with Crippen molar-refractivity contribution in [1.29, 1.82) is 0 Å². The van der Waals surface area contributed by atoms with E-state index < -0.39 is 5.54 Å². The van der Waals surface area contributed by atoms with Gasteiger partial charge in [-0.3, -0.25) is 9.59 Å². The van der Waals surface area contributed by atoms with Crippen molar-refractivity contribution in [3.63, 3.8) is 0 Å². The normalized spacial score (nSPS) is 25.1. The highest BCUT2D eigenvalue weighted by atomic mass is 32.1. The zero-order valence-corrected chi connectivity index (χ0v) is 15.0. The molecule has 2 heterocycles. The molecule has 2 aliphatic rings. The Morgan fingerprint density at radius 2 is 1.96 bits per heavy atom. The third kappa shape index (κ3) is 3.01. The largest absolute Gasteiger partial charge is 0.351 e. The molecule has 1 atom stereocenters. The van der Waals surface area contributed by atoms with E-state index >= 15 is 0 Å². The quantitative estimate of drug-likeness (QED) is 0.924. The topological polar surface area (TPSA) is 62.3 Å². The summed E-state index contributed by atoms with van der Waals surface area (Å²) < 4.78 is 0. The minimum Gasteiger partial charge on any atom is -0.351 e. The molecule has 23 heavy (non-hydrogen) atoms. The summed E-state index contributed by atoms with van der Waals surface area (Å²) in [5.74, 6) is -0.0381. The van der Waals surface area contributed by atoms with Crippen molar-refractivity contribution in [2.75, 3.05) is 6.54 Å². The number of carbonyl (C=O) groups excluding carboxylic acids is 2. The molecular formula is C17H25N3O2S. The van der Waals surface area contributed by atoms with Gasteiger partial charge in [0, 0.05) is 12.6 Å². The summed E-state index contributed by atoms with van der Waals surface area (Å²) in [4.78, 5) is 32.6. The van der Waals surface area contributed by atoms with Crippen molar-refractivity contribution in [1.82, 2.24) is 15.2 Å². The summed E-state index contributed by atoms with van der Waals surface area (Å²) in [6, 6.07) is 0.282. The van der Waals surface area contributed by atoms with Gasteiger partial charge in [0.1, 0.15) is 10.4 Å². The number of thiazole rings is 1. The molecule has 0 aromatic carbocycles. The van der Waals surface area contributed by atoms with E-state index in [1.165, 1.54) is 24.2 Å². The molecule has 1 aromatic heterocycles. The van der Waals surface area contributed by atoms with Gasteiger partial charge in [-0.25, -0.2) is 4.98 Å². The van der Waals surface area contributed by atoms with Gasteiger partial charge in [-0.2, -0.15) is 0 Å². The number of aryl methyl sites for hydroxylation is 2. The van der Waals surface area contributed by atoms with Crippen LogP contribution < -0.4 is 5.32 Å². The van der Waals surface area contributed by atoms with Crippen LogP contribution in [0.1, 0.15) is 65.8 Å². The summed E-state index contributed by atoms with van der Waals surface area (Å²) >= 11 is 1.42. The number of hydrogen-bond donors (Lipinski definition) is 1. The first-order valence-corrected chi connectivity index (χ1v) is 9.30. The lowest BCUT2D eigenvalue weighted by molar-refractivity contribution is -0.130. The van der Waals surface area contributed by atoms with Gasteiger partial charge in [-0.15, -0.1) is 11.3 Å². The summed E-state index contributed by atoms with van der Waals surface area (Å²) in [6.07, 6.45) is 6.09. The van der Waals surface area contributed by atoms with Crippen LogP contribution >= 0.6 is 11.3 Å². The predicted octanol–water partition coefficient (Wildman–Crippen LogP) is 2.81. The first-order chi connectivity index (χ1) is 10.9. The van der Waals surface area contributed by atoms with Crippen LogP contribution in [0.3, 0.4) is 0 Å². The average Bonchev–Trinajstić information content (AvgIpc) is 3.20. The zero-order chi connectivity index (χ0) is 16.6. The lowest BCUT2D eigenvalue weighted by atomic mass is 9.96. The molecule has 1 N–H and O–H groups in total. The Hall–Kier alpha value is -1.43. The molecule has 0 spiro atoms. The third-order valence-electron chi connectivity index (χ3n) is 5.16. The molecule has 1 aromatic rings. The molecule has 126 valence electrons. The van der Waals surface area contributed by atoms with E-state index in [0.29, 0.717) is 11.4 Å². The zero-order valence-electron chi connectivity index (χ0n) is 14.1. The monoisotopic (exact) mass is 335 g/mol. The van der Waals surface area contributed by atoms with Gasteiger partial charge >= 0.3 is 0 Å². The third-order valence-corrected chi connectivity index (χ3v) is 6.22. The molecule has 0 radical (unpaired) electrons. The van der Waals surface area contributed by atoms with E-state index in [9.17, 15) is 9.59 Å². The molecule has 1 saturated heterocycles. The average molecular weight is 335 g/mol. The number of nitrogens with one attached hydrogen (secondary N) is 1. The number of hydrogen-bond acceptors (Lipinski definition) is 4. The SMILES string of the molecule is Cc1nc(C)c(C(=O)N2CCCC2(C)C(=O)NC2CCCC2)s1. The van der Waals surface area contributed by atoms with Crippen LogP contribution in [0.2, 0.25) is 0 Å². The second-order valence-electron chi connectivity index (χ2n) is 6.94. The maximum absolute atomic E-state index is 13.0. The second kappa shape index (κ2) is 6.23. The highest BCUT2D eigenvalue weighted by Crippen LogP contribution is 2.33. The Labute approximate surface area is 141 Å². The van der Waals surface area contributed by atoms with Crippen molar-refractivity contribution in [3.05, 3.63) is 15.6 Å². The number of rotatable bonds is 3. The van der Waals surface area contributed by atoms with Crippen LogP contribution in [0.15, 0.2) is 0 Å². The number of nitrogens with zero attached hydrogens (tertiary/aromatic N) is 2. The van der Waals surface area contributed by atoms with E-state index in [1.807, 2.05) is 20.8 Å². The molecule has 0 bridgehead atoms. The molecule has 2 amide bonds. The summed E-state index contributed by atoms with van der Waals surface area (Å²) in [5, 5.41) is 4.06. The predicted molar refractivity (Wildman–Crippen MR) is 90.7 cm³/mol. The van der Waals surface area contributed by atoms with Gasteiger partial charge in [0.25, 0.3) is 5.91 Å². The fourth-order valence-corrected chi connectivity index (χ4v) is 4.66. The molecule has 1 aliphatic heterocycles. The smallest absolute Gasteiger partial charge is 0.266 e. The summed E-state index contributed by atoms with van der Waals surface area (Å²) in [7, 11) is 0. The Morgan fingerprint density at radius 1 is 1.26 bits per heavy atom. The van der Waals surface area contributed by atoms with Crippen molar-refractivity contribution in [2.45, 2.75) is 70.9 Å². The lowest BCUT2D eigenvalue weighted by Gasteiger charge is -2.34. The van der Waals surface area contributed by atoms with Gasteiger partial charge in [-0.05, 0) is 46.5 Å².